The van der Waals surface area contributed by atoms with Crippen LogP contribution in [-0.2, 0) is 12.8 Å². The lowest BCUT2D eigenvalue weighted by molar-refractivity contribution is 0.617. The first-order valence-corrected chi connectivity index (χ1v) is 7.92. The van der Waals surface area contributed by atoms with Crippen LogP contribution < -0.4 is 0 Å². The number of halogens is 2. The Balaban J connectivity index is 1.92. The molecule has 1 atom stereocenters. The first-order valence-electron chi connectivity index (χ1n) is 6.67. The minimum Gasteiger partial charge on any atom is -0.207 e. The molecule has 2 aromatic rings. The summed E-state index contributed by atoms with van der Waals surface area (Å²) in [6, 6.07) is 7.40. The van der Waals surface area contributed by atoms with Gasteiger partial charge in [-0.05, 0) is 61.4 Å². The summed E-state index contributed by atoms with van der Waals surface area (Å²) in [5.41, 5.74) is 3.11. The van der Waals surface area contributed by atoms with E-state index in [-0.39, 0.29) is 11.2 Å². The molecule has 0 saturated carbocycles. The summed E-state index contributed by atoms with van der Waals surface area (Å²) in [5.74, 6) is -0.168. The lowest BCUT2D eigenvalue weighted by Crippen LogP contribution is -1.96. The predicted octanol–water partition coefficient (Wildman–Crippen LogP) is 5.40. The Labute approximate surface area is 122 Å². The fraction of sp³-hybridized carbons (Fsp3) is 0.375. The van der Waals surface area contributed by atoms with Crippen molar-refractivity contribution in [1.29, 1.82) is 0 Å². The molecule has 3 rings (SSSR count). The van der Waals surface area contributed by atoms with Gasteiger partial charge in [-0.2, -0.15) is 0 Å². The number of aryl methyl sites for hydroxylation is 3. The Morgan fingerprint density at radius 1 is 1.21 bits per heavy atom. The summed E-state index contributed by atoms with van der Waals surface area (Å²) >= 11 is 8.39. The van der Waals surface area contributed by atoms with Gasteiger partial charge in [0.25, 0.3) is 0 Å². The van der Waals surface area contributed by atoms with Gasteiger partial charge in [-0.25, -0.2) is 4.39 Å². The zero-order chi connectivity index (χ0) is 13.4. The Hall–Kier alpha value is -0.860. The van der Waals surface area contributed by atoms with Crippen molar-refractivity contribution in [2.45, 2.75) is 38.0 Å². The lowest BCUT2D eigenvalue weighted by Gasteiger charge is -2.09. The van der Waals surface area contributed by atoms with Crippen LogP contribution in [-0.4, -0.2) is 0 Å². The second-order valence-electron chi connectivity index (χ2n) is 5.18. The summed E-state index contributed by atoms with van der Waals surface area (Å²) in [7, 11) is 0. The third-order valence-electron chi connectivity index (χ3n) is 3.74. The molecule has 3 heteroatoms. The zero-order valence-electron chi connectivity index (χ0n) is 10.9. The van der Waals surface area contributed by atoms with E-state index in [9.17, 15) is 4.39 Å². The van der Waals surface area contributed by atoms with Crippen LogP contribution in [0.3, 0.4) is 0 Å². The number of alkyl halides is 1. The molecule has 0 bridgehead atoms. The van der Waals surface area contributed by atoms with E-state index in [0.717, 1.165) is 5.56 Å². The fourth-order valence-electron chi connectivity index (χ4n) is 2.63. The molecule has 1 aromatic carbocycles. The highest BCUT2D eigenvalue weighted by molar-refractivity contribution is 7.12. The summed E-state index contributed by atoms with van der Waals surface area (Å²) in [4.78, 5) is 2.69. The Kier molecular flexibility index (Phi) is 3.64. The van der Waals surface area contributed by atoms with E-state index in [1.54, 1.807) is 13.0 Å². The zero-order valence-corrected chi connectivity index (χ0v) is 12.5. The van der Waals surface area contributed by atoms with E-state index in [1.807, 2.05) is 17.4 Å². The van der Waals surface area contributed by atoms with Crippen LogP contribution in [0, 0.1) is 12.7 Å². The molecular weight excluding hydrogens is 279 g/mol. The van der Waals surface area contributed by atoms with Gasteiger partial charge in [0.05, 0.1) is 5.38 Å². The SMILES string of the molecule is Cc1cc(C(Cl)c2cc3c(s2)CCCC3)ccc1F. The molecule has 0 spiro atoms. The van der Waals surface area contributed by atoms with Gasteiger partial charge in [0, 0.05) is 9.75 Å². The maximum Gasteiger partial charge on any atom is 0.126 e. The molecule has 1 aromatic heterocycles. The first-order chi connectivity index (χ1) is 9.15. The summed E-state index contributed by atoms with van der Waals surface area (Å²) in [6.45, 7) is 1.78. The van der Waals surface area contributed by atoms with Crippen LogP contribution in [0.25, 0.3) is 0 Å². The highest BCUT2D eigenvalue weighted by atomic mass is 35.5. The number of fused-ring (bicyclic) bond motifs is 1. The van der Waals surface area contributed by atoms with E-state index in [0.29, 0.717) is 5.56 Å². The quantitative estimate of drug-likeness (QED) is 0.650. The number of benzene rings is 1. The van der Waals surface area contributed by atoms with Gasteiger partial charge in [-0.3, -0.25) is 0 Å². The molecule has 0 nitrogen and oxygen atoms in total. The summed E-state index contributed by atoms with van der Waals surface area (Å²) < 4.78 is 13.3. The fourth-order valence-corrected chi connectivity index (χ4v) is 4.22. The van der Waals surface area contributed by atoms with Gasteiger partial charge in [-0.15, -0.1) is 22.9 Å². The first kappa shape index (κ1) is 13.1. The van der Waals surface area contributed by atoms with Gasteiger partial charge in [-0.1, -0.05) is 12.1 Å². The standard InChI is InChI=1S/C16H16ClFS/c1-10-8-12(6-7-13(10)18)16(17)15-9-11-4-2-3-5-14(11)19-15/h6-9,16H,2-5H2,1H3. The van der Waals surface area contributed by atoms with E-state index in [1.165, 1.54) is 47.1 Å². The molecule has 1 aliphatic rings. The average Bonchev–Trinajstić information content (AvgIpc) is 2.85. The predicted molar refractivity (Wildman–Crippen MR) is 79.8 cm³/mol. The van der Waals surface area contributed by atoms with Crippen molar-refractivity contribution in [3.05, 3.63) is 56.5 Å². The van der Waals surface area contributed by atoms with Crippen molar-refractivity contribution in [3.63, 3.8) is 0 Å². The molecule has 0 radical (unpaired) electrons. The molecule has 0 fully saturated rings. The minimum absolute atomic E-state index is 0.157. The van der Waals surface area contributed by atoms with Crippen LogP contribution in [0.4, 0.5) is 4.39 Å². The normalized spacial score (nSPS) is 16.2. The number of hydrogen-bond donors (Lipinski definition) is 0. The van der Waals surface area contributed by atoms with E-state index in [2.05, 4.69) is 6.07 Å². The van der Waals surface area contributed by atoms with Crippen LogP contribution in [0.5, 0.6) is 0 Å². The second kappa shape index (κ2) is 5.26. The van der Waals surface area contributed by atoms with Crippen LogP contribution in [0.1, 0.15) is 44.7 Å². The van der Waals surface area contributed by atoms with Crippen molar-refractivity contribution >= 4 is 22.9 Å². The highest BCUT2D eigenvalue weighted by Crippen LogP contribution is 2.38. The van der Waals surface area contributed by atoms with E-state index in [4.69, 9.17) is 11.6 Å². The Morgan fingerprint density at radius 2 is 2.00 bits per heavy atom. The van der Waals surface area contributed by atoms with Gasteiger partial charge in [0.1, 0.15) is 5.82 Å². The monoisotopic (exact) mass is 294 g/mol. The average molecular weight is 295 g/mol. The molecule has 100 valence electrons. The lowest BCUT2D eigenvalue weighted by atomic mass is 9.98. The van der Waals surface area contributed by atoms with Crippen molar-refractivity contribution in [2.75, 3.05) is 0 Å². The molecule has 0 amide bonds. The molecule has 19 heavy (non-hydrogen) atoms. The highest BCUT2D eigenvalue weighted by Gasteiger charge is 2.19. The van der Waals surface area contributed by atoms with Crippen molar-refractivity contribution in [1.82, 2.24) is 0 Å². The second-order valence-corrected chi connectivity index (χ2v) is 6.78. The van der Waals surface area contributed by atoms with Crippen LogP contribution >= 0.6 is 22.9 Å². The Bertz CT molecular complexity index is 579. The van der Waals surface area contributed by atoms with E-state index < -0.39 is 0 Å². The van der Waals surface area contributed by atoms with Crippen LogP contribution in [0.15, 0.2) is 24.3 Å². The largest absolute Gasteiger partial charge is 0.207 e. The van der Waals surface area contributed by atoms with E-state index >= 15 is 0 Å². The van der Waals surface area contributed by atoms with Crippen molar-refractivity contribution in [2.24, 2.45) is 0 Å². The minimum atomic E-state index is -0.168. The molecule has 1 heterocycles. The summed E-state index contributed by atoms with van der Waals surface area (Å²) in [6.07, 6.45) is 4.94. The van der Waals surface area contributed by atoms with Crippen molar-refractivity contribution in [3.8, 4) is 0 Å². The third kappa shape index (κ3) is 2.56. The van der Waals surface area contributed by atoms with Gasteiger partial charge in [0.2, 0.25) is 0 Å². The van der Waals surface area contributed by atoms with Gasteiger partial charge in [0.15, 0.2) is 0 Å². The third-order valence-corrected chi connectivity index (χ3v) is 5.66. The van der Waals surface area contributed by atoms with Crippen LogP contribution in [0.2, 0.25) is 0 Å². The molecule has 0 saturated heterocycles. The molecule has 1 unspecified atom stereocenters. The smallest absolute Gasteiger partial charge is 0.126 e. The molecular formula is C16H16ClFS. The topological polar surface area (TPSA) is 0 Å². The maximum absolute atomic E-state index is 13.3. The number of thiophene rings is 1. The van der Waals surface area contributed by atoms with Gasteiger partial charge >= 0.3 is 0 Å². The maximum atomic E-state index is 13.3. The Morgan fingerprint density at radius 3 is 2.74 bits per heavy atom. The van der Waals surface area contributed by atoms with Crippen molar-refractivity contribution < 1.29 is 4.39 Å². The molecule has 0 N–H and O–H groups in total. The number of rotatable bonds is 2. The summed E-state index contributed by atoms with van der Waals surface area (Å²) in [5, 5.41) is -0.157. The number of hydrogen-bond acceptors (Lipinski definition) is 1. The molecule has 0 aliphatic heterocycles. The molecule has 1 aliphatic carbocycles. The van der Waals surface area contributed by atoms with Gasteiger partial charge < -0.3 is 0 Å².